The fourth-order valence-electron chi connectivity index (χ4n) is 1.68. The molecule has 0 atom stereocenters. The molecule has 0 spiro atoms. The summed E-state index contributed by atoms with van der Waals surface area (Å²) in [7, 11) is 0. The van der Waals surface area contributed by atoms with Crippen LogP contribution in [0.1, 0.15) is 18.1 Å². The molecule has 0 bridgehead atoms. The van der Waals surface area contributed by atoms with E-state index >= 15 is 0 Å². The molecule has 2 aromatic rings. The molecule has 19 heavy (non-hydrogen) atoms. The predicted octanol–water partition coefficient (Wildman–Crippen LogP) is 4.03. The van der Waals surface area contributed by atoms with Crippen molar-refractivity contribution in [3.8, 4) is 0 Å². The van der Waals surface area contributed by atoms with E-state index in [0.717, 1.165) is 28.1 Å². The monoisotopic (exact) mass is 320 g/mol. The summed E-state index contributed by atoms with van der Waals surface area (Å²) < 4.78 is 1.05. The minimum atomic E-state index is 0.638. The van der Waals surface area contributed by atoms with Gasteiger partial charge in [-0.2, -0.15) is 4.98 Å². The van der Waals surface area contributed by atoms with Gasteiger partial charge in [-0.1, -0.05) is 12.1 Å². The van der Waals surface area contributed by atoms with Crippen molar-refractivity contribution in [3.05, 3.63) is 40.0 Å². The van der Waals surface area contributed by atoms with Crippen molar-refractivity contribution >= 4 is 33.4 Å². The van der Waals surface area contributed by atoms with Crippen molar-refractivity contribution in [2.24, 2.45) is 0 Å². The van der Waals surface area contributed by atoms with Gasteiger partial charge in [-0.25, -0.2) is 4.98 Å². The van der Waals surface area contributed by atoms with E-state index in [1.165, 1.54) is 5.56 Å². The molecule has 0 unspecified atom stereocenters. The molecule has 2 rings (SSSR count). The maximum Gasteiger partial charge on any atom is 0.224 e. The second kappa shape index (κ2) is 6.02. The van der Waals surface area contributed by atoms with E-state index in [-0.39, 0.29) is 0 Å². The Bertz CT molecular complexity index is 584. The van der Waals surface area contributed by atoms with Crippen LogP contribution in [0.2, 0.25) is 0 Å². The minimum absolute atomic E-state index is 0.638. The molecule has 0 aliphatic carbocycles. The number of aryl methyl sites for hydroxylation is 2. The summed E-state index contributed by atoms with van der Waals surface area (Å²) >= 11 is 3.59. The van der Waals surface area contributed by atoms with Gasteiger partial charge in [0.1, 0.15) is 5.82 Å². The molecule has 0 radical (unpaired) electrons. The molecule has 0 saturated carbocycles. The molecular formula is C14H17BrN4. The Labute approximate surface area is 121 Å². The first-order valence-corrected chi connectivity index (χ1v) is 7.00. The van der Waals surface area contributed by atoms with Crippen LogP contribution in [0, 0.1) is 13.8 Å². The minimum Gasteiger partial charge on any atom is -0.354 e. The molecule has 0 fully saturated rings. The third kappa shape index (κ3) is 3.23. The molecule has 2 N–H and O–H groups in total. The van der Waals surface area contributed by atoms with E-state index in [2.05, 4.69) is 49.5 Å². The molecule has 0 aliphatic heterocycles. The number of nitrogens with one attached hydrogen (secondary N) is 2. The van der Waals surface area contributed by atoms with E-state index in [1.807, 2.05) is 32.2 Å². The van der Waals surface area contributed by atoms with Crippen molar-refractivity contribution in [2.75, 3.05) is 17.2 Å². The third-order valence-corrected chi connectivity index (χ3v) is 3.80. The first-order chi connectivity index (χ1) is 9.11. The zero-order valence-corrected chi connectivity index (χ0v) is 12.9. The molecule has 0 amide bonds. The lowest BCUT2D eigenvalue weighted by atomic mass is 10.2. The number of hydrogen-bond donors (Lipinski definition) is 2. The Kier molecular flexibility index (Phi) is 4.37. The number of hydrogen-bond acceptors (Lipinski definition) is 4. The van der Waals surface area contributed by atoms with E-state index in [9.17, 15) is 0 Å². The number of halogens is 1. The Morgan fingerprint density at radius 1 is 1.21 bits per heavy atom. The highest BCUT2D eigenvalue weighted by molar-refractivity contribution is 9.10. The van der Waals surface area contributed by atoms with Crippen LogP contribution in [0.3, 0.4) is 0 Å². The molecule has 100 valence electrons. The first kappa shape index (κ1) is 13.8. The lowest BCUT2D eigenvalue weighted by Gasteiger charge is -2.12. The fourth-order valence-corrected chi connectivity index (χ4v) is 2.05. The van der Waals surface area contributed by atoms with Gasteiger partial charge in [0.05, 0.1) is 5.69 Å². The zero-order chi connectivity index (χ0) is 13.8. The second-order valence-electron chi connectivity index (χ2n) is 4.32. The van der Waals surface area contributed by atoms with Gasteiger partial charge in [0.2, 0.25) is 5.95 Å². The van der Waals surface area contributed by atoms with Crippen LogP contribution in [0.5, 0.6) is 0 Å². The SMILES string of the molecule is CCNc1ncc(C)c(Nc2cccc(C)c2Br)n1. The van der Waals surface area contributed by atoms with Gasteiger partial charge in [-0.15, -0.1) is 0 Å². The number of anilines is 3. The van der Waals surface area contributed by atoms with E-state index in [0.29, 0.717) is 5.95 Å². The quantitative estimate of drug-likeness (QED) is 0.892. The topological polar surface area (TPSA) is 49.8 Å². The summed E-state index contributed by atoms with van der Waals surface area (Å²) in [5.41, 5.74) is 3.20. The Morgan fingerprint density at radius 2 is 2.00 bits per heavy atom. The van der Waals surface area contributed by atoms with Gasteiger partial charge in [0, 0.05) is 22.8 Å². The average Bonchev–Trinajstić information content (AvgIpc) is 2.39. The summed E-state index contributed by atoms with van der Waals surface area (Å²) in [5, 5.41) is 6.46. The molecule has 5 heteroatoms. The third-order valence-electron chi connectivity index (χ3n) is 2.75. The van der Waals surface area contributed by atoms with Gasteiger partial charge in [0.25, 0.3) is 0 Å². The van der Waals surface area contributed by atoms with Crippen LogP contribution in [0.25, 0.3) is 0 Å². The van der Waals surface area contributed by atoms with Gasteiger partial charge in [0.15, 0.2) is 0 Å². The predicted molar refractivity (Wildman–Crippen MR) is 83.1 cm³/mol. The van der Waals surface area contributed by atoms with Gasteiger partial charge in [-0.3, -0.25) is 0 Å². The smallest absolute Gasteiger partial charge is 0.224 e. The zero-order valence-electron chi connectivity index (χ0n) is 11.3. The number of benzene rings is 1. The summed E-state index contributed by atoms with van der Waals surface area (Å²) in [6, 6.07) is 6.10. The van der Waals surface area contributed by atoms with Gasteiger partial charge >= 0.3 is 0 Å². The van der Waals surface area contributed by atoms with Crippen LogP contribution in [-0.4, -0.2) is 16.5 Å². The maximum atomic E-state index is 4.47. The van der Waals surface area contributed by atoms with Crippen LogP contribution in [0.4, 0.5) is 17.5 Å². The average molecular weight is 321 g/mol. The lowest BCUT2D eigenvalue weighted by molar-refractivity contribution is 1.07. The maximum absolute atomic E-state index is 4.47. The lowest BCUT2D eigenvalue weighted by Crippen LogP contribution is -2.05. The molecular weight excluding hydrogens is 304 g/mol. The number of aromatic nitrogens is 2. The van der Waals surface area contributed by atoms with Crippen molar-refractivity contribution in [3.63, 3.8) is 0 Å². The molecule has 0 aliphatic rings. The van der Waals surface area contributed by atoms with E-state index < -0.39 is 0 Å². The normalized spacial score (nSPS) is 10.3. The van der Waals surface area contributed by atoms with Crippen molar-refractivity contribution in [1.29, 1.82) is 0 Å². The molecule has 1 aromatic carbocycles. The standard InChI is InChI=1S/C14H17BrN4/c1-4-16-14-17-8-10(3)13(19-14)18-11-7-5-6-9(2)12(11)15/h5-8H,4H2,1-3H3,(H2,16,17,18,19). The highest BCUT2D eigenvalue weighted by Crippen LogP contribution is 2.29. The molecule has 1 aromatic heterocycles. The highest BCUT2D eigenvalue weighted by atomic mass is 79.9. The number of nitrogens with zero attached hydrogens (tertiary/aromatic N) is 2. The van der Waals surface area contributed by atoms with E-state index in [4.69, 9.17) is 0 Å². The van der Waals surface area contributed by atoms with Crippen LogP contribution in [0.15, 0.2) is 28.9 Å². The Balaban J connectivity index is 2.32. The summed E-state index contributed by atoms with van der Waals surface area (Å²) in [4.78, 5) is 8.71. The largest absolute Gasteiger partial charge is 0.354 e. The summed E-state index contributed by atoms with van der Waals surface area (Å²) in [6.45, 7) is 6.87. The first-order valence-electron chi connectivity index (χ1n) is 6.21. The highest BCUT2D eigenvalue weighted by Gasteiger charge is 2.07. The van der Waals surface area contributed by atoms with Crippen molar-refractivity contribution < 1.29 is 0 Å². The van der Waals surface area contributed by atoms with Crippen LogP contribution >= 0.6 is 15.9 Å². The van der Waals surface area contributed by atoms with E-state index in [1.54, 1.807) is 0 Å². The second-order valence-corrected chi connectivity index (χ2v) is 5.11. The van der Waals surface area contributed by atoms with Gasteiger partial charge < -0.3 is 10.6 Å². The van der Waals surface area contributed by atoms with Crippen LogP contribution in [-0.2, 0) is 0 Å². The molecule has 0 saturated heterocycles. The molecule has 4 nitrogen and oxygen atoms in total. The van der Waals surface area contributed by atoms with Crippen LogP contribution < -0.4 is 10.6 Å². The summed E-state index contributed by atoms with van der Waals surface area (Å²) in [6.07, 6.45) is 1.82. The summed E-state index contributed by atoms with van der Waals surface area (Å²) in [5.74, 6) is 1.46. The van der Waals surface area contributed by atoms with Gasteiger partial charge in [-0.05, 0) is 48.3 Å². The van der Waals surface area contributed by atoms with Crippen molar-refractivity contribution in [2.45, 2.75) is 20.8 Å². The Morgan fingerprint density at radius 3 is 2.74 bits per heavy atom. The molecule has 1 heterocycles. The fraction of sp³-hybridized carbons (Fsp3) is 0.286. The number of rotatable bonds is 4. The van der Waals surface area contributed by atoms with Crippen molar-refractivity contribution in [1.82, 2.24) is 9.97 Å². The Hall–Kier alpha value is -1.62.